The molecule has 0 radical (unpaired) electrons. The minimum absolute atomic E-state index is 0.133. The summed E-state index contributed by atoms with van der Waals surface area (Å²) in [4.78, 5) is 13.6. The van der Waals surface area contributed by atoms with Crippen LogP contribution >= 0.6 is 0 Å². The number of esters is 1. The van der Waals surface area contributed by atoms with Crippen LogP contribution in [0.2, 0.25) is 0 Å². The van der Waals surface area contributed by atoms with Crippen LogP contribution in [-0.4, -0.2) is 57.0 Å². The molecule has 1 aliphatic heterocycles. The van der Waals surface area contributed by atoms with E-state index < -0.39 is 9.84 Å². The van der Waals surface area contributed by atoms with E-state index in [1.165, 1.54) is 7.11 Å². The lowest BCUT2D eigenvalue weighted by Gasteiger charge is -2.33. The third-order valence-electron chi connectivity index (χ3n) is 3.29. The number of likely N-dealkylation sites (tertiary alicyclic amines) is 1. The quantitative estimate of drug-likeness (QED) is 0.673. The number of carbonyl (C=O) groups is 1. The first-order chi connectivity index (χ1) is 8.50. The molecule has 1 heterocycles. The summed E-state index contributed by atoms with van der Waals surface area (Å²) in [6, 6.07) is -0.263. The predicted molar refractivity (Wildman–Crippen MR) is 70.2 cm³/mol. The zero-order valence-corrected chi connectivity index (χ0v) is 12.0. The lowest BCUT2D eigenvalue weighted by Crippen LogP contribution is -2.47. The molecule has 0 bridgehead atoms. The molecule has 6 heteroatoms. The van der Waals surface area contributed by atoms with Gasteiger partial charge in [0.2, 0.25) is 0 Å². The summed E-state index contributed by atoms with van der Waals surface area (Å²) >= 11 is 0. The second kappa shape index (κ2) is 7.09. The number of rotatable bonds is 6. The van der Waals surface area contributed by atoms with E-state index in [2.05, 4.69) is 0 Å². The minimum Gasteiger partial charge on any atom is -0.468 e. The van der Waals surface area contributed by atoms with Crippen molar-refractivity contribution in [3.8, 4) is 0 Å². The molecular formula is C12H23NO4S. The Morgan fingerprint density at radius 2 is 2.06 bits per heavy atom. The van der Waals surface area contributed by atoms with E-state index in [9.17, 15) is 13.2 Å². The van der Waals surface area contributed by atoms with E-state index in [0.29, 0.717) is 13.0 Å². The van der Waals surface area contributed by atoms with Gasteiger partial charge in [0.15, 0.2) is 9.84 Å². The molecule has 0 spiro atoms. The number of hydrogen-bond acceptors (Lipinski definition) is 5. The monoisotopic (exact) mass is 277 g/mol. The van der Waals surface area contributed by atoms with Gasteiger partial charge < -0.3 is 4.74 Å². The third-order valence-corrected chi connectivity index (χ3v) is 5.13. The molecule has 1 atom stereocenters. The molecule has 5 nitrogen and oxygen atoms in total. The van der Waals surface area contributed by atoms with E-state index in [-0.39, 0.29) is 23.5 Å². The van der Waals surface area contributed by atoms with Gasteiger partial charge >= 0.3 is 5.97 Å². The van der Waals surface area contributed by atoms with Gasteiger partial charge in [0.05, 0.1) is 12.9 Å². The van der Waals surface area contributed by atoms with Crippen molar-refractivity contribution in [2.45, 2.75) is 38.6 Å². The van der Waals surface area contributed by atoms with Crippen LogP contribution < -0.4 is 0 Å². The number of carbonyl (C=O) groups excluding carboxylic acids is 1. The zero-order chi connectivity index (χ0) is 13.6. The minimum atomic E-state index is -2.98. The smallest absolute Gasteiger partial charge is 0.323 e. The van der Waals surface area contributed by atoms with Gasteiger partial charge in [-0.2, -0.15) is 0 Å². The lowest BCUT2D eigenvalue weighted by molar-refractivity contribution is -0.148. The molecule has 0 N–H and O–H groups in total. The van der Waals surface area contributed by atoms with E-state index in [1.54, 1.807) is 0 Å². The van der Waals surface area contributed by atoms with Crippen LogP contribution in [-0.2, 0) is 19.4 Å². The Bertz CT molecular complexity index is 366. The average Bonchev–Trinajstić information content (AvgIpc) is 2.36. The predicted octanol–water partition coefficient (Wildman–Crippen LogP) is 0.839. The van der Waals surface area contributed by atoms with Crippen LogP contribution in [0.5, 0.6) is 0 Å². The molecule has 0 saturated carbocycles. The van der Waals surface area contributed by atoms with Gasteiger partial charge in [0.1, 0.15) is 6.04 Å². The Morgan fingerprint density at radius 3 is 2.67 bits per heavy atom. The number of sulfone groups is 1. The highest BCUT2D eigenvalue weighted by Crippen LogP contribution is 2.18. The molecule has 0 aromatic rings. The Balaban J connectivity index is 2.55. The van der Waals surface area contributed by atoms with Crippen LogP contribution in [0.25, 0.3) is 0 Å². The molecule has 0 amide bonds. The molecular weight excluding hydrogens is 254 g/mol. The van der Waals surface area contributed by atoms with Gasteiger partial charge in [-0.05, 0) is 25.8 Å². The largest absolute Gasteiger partial charge is 0.468 e. The zero-order valence-electron chi connectivity index (χ0n) is 11.2. The Hall–Kier alpha value is -0.620. The first-order valence-electron chi connectivity index (χ1n) is 6.52. The van der Waals surface area contributed by atoms with Crippen molar-refractivity contribution in [3.05, 3.63) is 0 Å². The van der Waals surface area contributed by atoms with Crippen molar-refractivity contribution in [3.63, 3.8) is 0 Å². The summed E-state index contributed by atoms with van der Waals surface area (Å²) in [5.74, 6) is 0.112. The summed E-state index contributed by atoms with van der Waals surface area (Å²) in [6.07, 6.45) is 3.42. The van der Waals surface area contributed by atoms with Gasteiger partial charge in [-0.1, -0.05) is 13.3 Å². The fourth-order valence-electron chi connectivity index (χ4n) is 2.33. The van der Waals surface area contributed by atoms with E-state index in [1.807, 2.05) is 11.8 Å². The van der Waals surface area contributed by atoms with Crippen molar-refractivity contribution in [2.75, 3.05) is 31.7 Å². The maximum atomic E-state index is 11.7. The fourth-order valence-corrected chi connectivity index (χ4v) is 3.67. The summed E-state index contributed by atoms with van der Waals surface area (Å²) in [5.41, 5.74) is 0. The normalized spacial score (nSPS) is 21.8. The van der Waals surface area contributed by atoms with Gasteiger partial charge in [-0.25, -0.2) is 8.42 Å². The molecule has 18 heavy (non-hydrogen) atoms. The Kier molecular flexibility index (Phi) is 6.08. The average molecular weight is 277 g/mol. The number of methoxy groups -OCH3 is 1. The van der Waals surface area contributed by atoms with Crippen molar-refractivity contribution in [2.24, 2.45) is 0 Å². The topological polar surface area (TPSA) is 63.7 Å². The van der Waals surface area contributed by atoms with Crippen LogP contribution in [0.4, 0.5) is 0 Å². The first kappa shape index (κ1) is 15.4. The number of nitrogens with zero attached hydrogens (tertiary/aromatic N) is 1. The highest BCUT2D eigenvalue weighted by atomic mass is 32.2. The molecule has 106 valence electrons. The summed E-state index contributed by atoms with van der Waals surface area (Å²) < 4.78 is 28.1. The summed E-state index contributed by atoms with van der Waals surface area (Å²) in [6.45, 7) is 3.07. The van der Waals surface area contributed by atoms with E-state index >= 15 is 0 Å². The standard InChI is InChI=1S/C12H23NO4S/c1-3-9-18(15,16)10-8-13-7-5-4-6-11(13)12(14)17-2/h11H,3-10H2,1-2H3/t11-/m1/s1. The first-order valence-corrected chi connectivity index (χ1v) is 8.34. The van der Waals surface area contributed by atoms with Crippen molar-refractivity contribution >= 4 is 15.8 Å². The van der Waals surface area contributed by atoms with Crippen molar-refractivity contribution in [1.82, 2.24) is 4.90 Å². The van der Waals surface area contributed by atoms with E-state index in [0.717, 1.165) is 25.8 Å². The summed E-state index contributed by atoms with van der Waals surface area (Å²) in [7, 11) is -1.60. The Labute approximate surface area is 109 Å². The third kappa shape index (κ3) is 4.57. The SMILES string of the molecule is CCCS(=O)(=O)CCN1CCCC[C@@H]1C(=O)OC. The maximum Gasteiger partial charge on any atom is 0.323 e. The van der Waals surface area contributed by atoms with Crippen LogP contribution in [0.1, 0.15) is 32.6 Å². The molecule has 0 unspecified atom stereocenters. The van der Waals surface area contributed by atoms with Crippen LogP contribution in [0.15, 0.2) is 0 Å². The molecule has 0 aromatic carbocycles. The molecule has 1 fully saturated rings. The number of ether oxygens (including phenoxy) is 1. The molecule has 1 saturated heterocycles. The van der Waals surface area contributed by atoms with Crippen LogP contribution in [0, 0.1) is 0 Å². The lowest BCUT2D eigenvalue weighted by atomic mass is 10.0. The molecule has 1 aliphatic rings. The number of piperidine rings is 1. The van der Waals surface area contributed by atoms with Gasteiger partial charge in [0.25, 0.3) is 0 Å². The maximum absolute atomic E-state index is 11.7. The van der Waals surface area contributed by atoms with Crippen LogP contribution in [0.3, 0.4) is 0 Å². The van der Waals surface area contributed by atoms with Gasteiger partial charge in [-0.3, -0.25) is 9.69 Å². The highest BCUT2D eigenvalue weighted by Gasteiger charge is 2.29. The van der Waals surface area contributed by atoms with E-state index in [4.69, 9.17) is 4.74 Å². The van der Waals surface area contributed by atoms with Gasteiger partial charge in [-0.15, -0.1) is 0 Å². The second-order valence-corrected chi connectivity index (χ2v) is 7.03. The fraction of sp³-hybridized carbons (Fsp3) is 0.917. The summed E-state index contributed by atoms with van der Waals surface area (Å²) in [5, 5.41) is 0. The number of hydrogen-bond donors (Lipinski definition) is 0. The molecule has 0 aliphatic carbocycles. The molecule has 1 rings (SSSR count). The van der Waals surface area contributed by atoms with Crippen molar-refractivity contribution in [1.29, 1.82) is 0 Å². The van der Waals surface area contributed by atoms with Crippen molar-refractivity contribution < 1.29 is 17.9 Å². The molecule has 0 aromatic heterocycles. The second-order valence-electron chi connectivity index (χ2n) is 4.72. The Morgan fingerprint density at radius 1 is 1.33 bits per heavy atom. The van der Waals surface area contributed by atoms with Gasteiger partial charge in [0, 0.05) is 12.3 Å². The highest BCUT2D eigenvalue weighted by molar-refractivity contribution is 7.91.